The maximum Gasteiger partial charge on any atom is 0.269 e. The zero-order chi connectivity index (χ0) is 12.3. The van der Waals surface area contributed by atoms with Crippen LogP contribution in [0.1, 0.15) is 37.7 Å². The van der Waals surface area contributed by atoms with Crippen LogP contribution in [0.3, 0.4) is 0 Å². The van der Waals surface area contributed by atoms with Gasteiger partial charge in [0.15, 0.2) is 0 Å². The molecule has 1 aliphatic carbocycles. The minimum Gasteiger partial charge on any atom is -0.310 e. The van der Waals surface area contributed by atoms with Crippen molar-refractivity contribution < 1.29 is 4.92 Å². The molecule has 0 bridgehead atoms. The number of rotatable bonds is 3. The molecule has 0 radical (unpaired) electrons. The van der Waals surface area contributed by atoms with Crippen LogP contribution in [0.25, 0.3) is 0 Å². The first-order chi connectivity index (χ1) is 8.18. The van der Waals surface area contributed by atoms with Crippen LogP contribution in [0.2, 0.25) is 0 Å². The summed E-state index contributed by atoms with van der Waals surface area (Å²) in [7, 11) is 1.98. The van der Waals surface area contributed by atoms with Crippen LogP contribution in [0.15, 0.2) is 24.3 Å². The summed E-state index contributed by atoms with van der Waals surface area (Å²) in [5.74, 6) is 0. The van der Waals surface area contributed by atoms with Gasteiger partial charge in [0, 0.05) is 17.7 Å². The van der Waals surface area contributed by atoms with Gasteiger partial charge in [-0.3, -0.25) is 10.1 Å². The third-order valence-electron chi connectivity index (χ3n) is 3.82. The molecule has 0 aromatic heterocycles. The Morgan fingerprint density at radius 1 is 1.18 bits per heavy atom. The zero-order valence-corrected chi connectivity index (χ0v) is 10.1. The third kappa shape index (κ3) is 2.31. The van der Waals surface area contributed by atoms with E-state index >= 15 is 0 Å². The fourth-order valence-corrected chi connectivity index (χ4v) is 2.74. The Labute approximate surface area is 101 Å². The Morgan fingerprint density at radius 2 is 1.76 bits per heavy atom. The number of nitro groups is 1. The number of nitro benzene ring substituents is 1. The molecule has 1 aliphatic rings. The third-order valence-corrected chi connectivity index (χ3v) is 3.82. The van der Waals surface area contributed by atoms with Crippen molar-refractivity contribution in [2.24, 2.45) is 0 Å². The van der Waals surface area contributed by atoms with Crippen LogP contribution in [-0.2, 0) is 5.54 Å². The summed E-state index contributed by atoms with van der Waals surface area (Å²) in [6.45, 7) is 0. The lowest BCUT2D eigenvalue weighted by molar-refractivity contribution is -0.384. The minimum atomic E-state index is -0.350. The van der Waals surface area contributed by atoms with Crippen LogP contribution in [-0.4, -0.2) is 12.0 Å². The zero-order valence-electron chi connectivity index (χ0n) is 10.1. The van der Waals surface area contributed by atoms with Crippen LogP contribution >= 0.6 is 0 Å². The molecule has 0 amide bonds. The number of nitrogens with one attached hydrogen (secondary N) is 1. The smallest absolute Gasteiger partial charge is 0.269 e. The number of hydrogen-bond acceptors (Lipinski definition) is 3. The van der Waals surface area contributed by atoms with Gasteiger partial charge in [0.1, 0.15) is 0 Å². The number of benzene rings is 1. The van der Waals surface area contributed by atoms with Crippen LogP contribution in [0, 0.1) is 10.1 Å². The summed E-state index contributed by atoms with van der Waals surface area (Å²) in [5, 5.41) is 14.0. The van der Waals surface area contributed by atoms with E-state index in [1.165, 1.54) is 24.8 Å². The molecule has 1 aromatic carbocycles. The van der Waals surface area contributed by atoms with Gasteiger partial charge in [0.2, 0.25) is 0 Å². The van der Waals surface area contributed by atoms with Crippen LogP contribution in [0.5, 0.6) is 0 Å². The van der Waals surface area contributed by atoms with Crippen molar-refractivity contribution in [1.29, 1.82) is 0 Å². The Hall–Kier alpha value is -1.42. The molecule has 0 spiro atoms. The summed E-state index contributed by atoms with van der Waals surface area (Å²) in [4.78, 5) is 10.3. The Kier molecular flexibility index (Phi) is 3.43. The summed E-state index contributed by atoms with van der Waals surface area (Å²) < 4.78 is 0. The molecule has 0 heterocycles. The molecule has 0 saturated heterocycles. The summed E-state index contributed by atoms with van der Waals surface area (Å²) >= 11 is 0. The van der Waals surface area contributed by atoms with Gasteiger partial charge in [0.25, 0.3) is 5.69 Å². The highest BCUT2D eigenvalue weighted by Crippen LogP contribution is 2.37. The summed E-state index contributed by atoms with van der Waals surface area (Å²) in [5.41, 5.74) is 1.36. The topological polar surface area (TPSA) is 55.2 Å². The molecule has 92 valence electrons. The van der Waals surface area contributed by atoms with Crippen molar-refractivity contribution in [3.63, 3.8) is 0 Å². The molecular weight excluding hydrogens is 216 g/mol. The van der Waals surface area contributed by atoms with E-state index < -0.39 is 0 Å². The first-order valence-corrected chi connectivity index (χ1v) is 6.12. The van der Waals surface area contributed by atoms with E-state index in [9.17, 15) is 10.1 Å². The molecule has 4 nitrogen and oxygen atoms in total. The molecule has 17 heavy (non-hydrogen) atoms. The van der Waals surface area contributed by atoms with Crippen molar-refractivity contribution in [3.05, 3.63) is 39.9 Å². The van der Waals surface area contributed by atoms with Gasteiger partial charge >= 0.3 is 0 Å². The van der Waals surface area contributed by atoms with Gasteiger partial charge in [-0.1, -0.05) is 31.4 Å². The van der Waals surface area contributed by atoms with E-state index in [1.807, 2.05) is 19.2 Å². The Bertz CT molecular complexity index is 394. The largest absolute Gasteiger partial charge is 0.310 e. The number of hydrogen-bond donors (Lipinski definition) is 1. The van der Waals surface area contributed by atoms with Crippen LogP contribution in [0.4, 0.5) is 5.69 Å². The van der Waals surface area contributed by atoms with E-state index in [-0.39, 0.29) is 16.1 Å². The second kappa shape index (κ2) is 4.84. The predicted molar refractivity (Wildman–Crippen MR) is 66.9 cm³/mol. The minimum absolute atomic E-state index is 0.0212. The van der Waals surface area contributed by atoms with Gasteiger partial charge in [-0.25, -0.2) is 0 Å². The first kappa shape index (κ1) is 12.0. The maximum absolute atomic E-state index is 10.6. The van der Waals surface area contributed by atoms with Crippen molar-refractivity contribution in [3.8, 4) is 0 Å². The highest BCUT2D eigenvalue weighted by molar-refractivity contribution is 5.36. The van der Waals surface area contributed by atoms with E-state index in [2.05, 4.69) is 5.32 Å². The lowest BCUT2D eigenvalue weighted by Gasteiger charge is -2.37. The average molecular weight is 234 g/mol. The number of nitrogens with zero attached hydrogens (tertiary/aromatic N) is 1. The highest BCUT2D eigenvalue weighted by atomic mass is 16.6. The quantitative estimate of drug-likeness (QED) is 0.646. The molecule has 0 unspecified atom stereocenters. The maximum atomic E-state index is 10.6. The van der Waals surface area contributed by atoms with E-state index in [0.29, 0.717) is 0 Å². The van der Waals surface area contributed by atoms with Crippen molar-refractivity contribution in [2.75, 3.05) is 7.05 Å². The summed E-state index contributed by atoms with van der Waals surface area (Å²) in [6, 6.07) is 6.98. The second-order valence-electron chi connectivity index (χ2n) is 4.70. The molecule has 1 N–H and O–H groups in total. The molecule has 0 atom stereocenters. The highest BCUT2D eigenvalue weighted by Gasteiger charge is 2.32. The monoisotopic (exact) mass is 234 g/mol. The molecule has 1 saturated carbocycles. The number of non-ortho nitro benzene ring substituents is 1. The van der Waals surface area contributed by atoms with E-state index in [4.69, 9.17) is 0 Å². The first-order valence-electron chi connectivity index (χ1n) is 6.12. The Balaban J connectivity index is 2.27. The molecule has 0 aliphatic heterocycles. The molecule has 4 heteroatoms. The molecular formula is C13H18N2O2. The van der Waals surface area contributed by atoms with Crippen molar-refractivity contribution in [1.82, 2.24) is 5.32 Å². The lowest BCUT2D eigenvalue weighted by atomic mass is 9.77. The van der Waals surface area contributed by atoms with Crippen molar-refractivity contribution in [2.45, 2.75) is 37.6 Å². The van der Waals surface area contributed by atoms with Gasteiger partial charge in [-0.05, 0) is 25.5 Å². The van der Waals surface area contributed by atoms with Gasteiger partial charge < -0.3 is 5.32 Å². The van der Waals surface area contributed by atoms with Crippen molar-refractivity contribution >= 4 is 5.69 Å². The van der Waals surface area contributed by atoms with Gasteiger partial charge in [-0.15, -0.1) is 0 Å². The molecule has 2 rings (SSSR count). The fraction of sp³-hybridized carbons (Fsp3) is 0.538. The van der Waals surface area contributed by atoms with E-state index in [1.54, 1.807) is 12.1 Å². The van der Waals surface area contributed by atoms with Gasteiger partial charge in [-0.2, -0.15) is 0 Å². The lowest BCUT2D eigenvalue weighted by Crippen LogP contribution is -2.41. The molecule has 1 fully saturated rings. The van der Waals surface area contributed by atoms with Crippen LogP contribution < -0.4 is 5.32 Å². The average Bonchev–Trinajstić information content (AvgIpc) is 2.39. The molecule has 1 aromatic rings. The normalized spacial score (nSPS) is 18.9. The predicted octanol–water partition coefficient (Wildman–Crippen LogP) is 2.97. The Morgan fingerprint density at radius 3 is 2.24 bits per heavy atom. The second-order valence-corrected chi connectivity index (χ2v) is 4.70. The van der Waals surface area contributed by atoms with Gasteiger partial charge in [0.05, 0.1) is 4.92 Å². The summed E-state index contributed by atoms with van der Waals surface area (Å²) in [6.07, 6.45) is 5.95. The SMILES string of the molecule is CNC1(c2ccc([N+](=O)[O-])cc2)CCCCC1. The standard InChI is InChI=1S/C13H18N2O2/c1-14-13(9-3-2-4-10-13)11-5-7-12(8-6-11)15(16)17/h5-8,14H,2-4,9-10H2,1H3. The fourth-order valence-electron chi connectivity index (χ4n) is 2.74. The van der Waals surface area contributed by atoms with E-state index in [0.717, 1.165) is 12.8 Å².